The summed E-state index contributed by atoms with van der Waals surface area (Å²) in [6, 6.07) is 0. The maximum absolute atomic E-state index is 0. The molecular weight excluding hydrogens is 187 g/mol. The van der Waals surface area contributed by atoms with E-state index in [9.17, 15) is 0 Å². The monoisotopic (exact) mass is 189 g/mol. The van der Waals surface area contributed by atoms with E-state index in [2.05, 4.69) is 0 Å². The van der Waals surface area contributed by atoms with Crippen LogP contribution >= 0.6 is 0 Å². The molecule has 0 atom stereocenters. The molecule has 0 aliphatic rings. The maximum Gasteiger partial charge on any atom is 0 e. The molecule has 0 rings (SSSR count). The average Bonchev–Trinajstić information content (AvgIpc) is 0. The van der Waals surface area contributed by atoms with Crippen molar-refractivity contribution >= 4 is 0 Å². The molecule has 35 valence electrons. The van der Waals surface area contributed by atoms with Gasteiger partial charge in [0.2, 0.25) is 0 Å². The maximum atomic E-state index is 0. The van der Waals surface area contributed by atoms with Crippen LogP contribution in [-0.4, -0.2) is 0 Å². The first-order valence-electron chi connectivity index (χ1n) is 0. The first-order valence-corrected chi connectivity index (χ1v) is 0. The molecule has 0 amide bonds. The van der Waals surface area contributed by atoms with Gasteiger partial charge >= 0.3 is 0 Å². The molecular formula is H2CoFeNNi-. The van der Waals surface area contributed by atoms with Gasteiger partial charge in [0.25, 0.3) is 0 Å². The van der Waals surface area contributed by atoms with Crippen molar-refractivity contribution in [3.05, 3.63) is 6.15 Å². The molecule has 0 unspecified atom stereocenters. The third kappa shape index (κ3) is 9.77. The van der Waals surface area contributed by atoms with Gasteiger partial charge in [-0.05, 0) is 0 Å². The predicted octanol–water partition coefficient (Wildman–Crippen LogP) is 0.710. The van der Waals surface area contributed by atoms with E-state index >= 15 is 0 Å². The van der Waals surface area contributed by atoms with Gasteiger partial charge in [0.05, 0.1) is 0 Å². The molecule has 4 heavy (non-hydrogen) atoms. The smallest absolute Gasteiger partial charge is 0 e. The van der Waals surface area contributed by atoms with Gasteiger partial charge in [-0.1, -0.05) is 0 Å². The third-order valence-corrected chi connectivity index (χ3v) is 0. The topological polar surface area (TPSA) is 33.5 Å². The van der Waals surface area contributed by atoms with Crippen LogP contribution in [0.1, 0.15) is 0 Å². The van der Waals surface area contributed by atoms with Crippen molar-refractivity contribution in [2.24, 2.45) is 0 Å². The second kappa shape index (κ2) is 24.8. The van der Waals surface area contributed by atoms with E-state index < -0.39 is 0 Å². The van der Waals surface area contributed by atoms with Crippen LogP contribution in [0.4, 0.5) is 0 Å². The fourth-order valence-corrected chi connectivity index (χ4v) is 0. The number of hydrogen-bond donors (Lipinski definition) is 0. The summed E-state index contributed by atoms with van der Waals surface area (Å²) in [7, 11) is 0. The minimum absolute atomic E-state index is 0. The van der Waals surface area contributed by atoms with E-state index in [1.54, 1.807) is 0 Å². The van der Waals surface area contributed by atoms with Gasteiger partial charge in [0.1, 0.15) is 0 Å². The standard InChI is InChI=1S/Co.Fe.H2N.Ni/h;;1H2;/q;;-1;. The molecule has 0 aliphatic heterocycles. The van der Waals surface area contributed by atoms with Gasteiger partial charge in [-0.25, -0.2) is 0 Å². The summed E-state index contributed by atoms with van der Waals surface area (Å²) in [5, 5.41) is 0. The normalized spacial score (nSPS) is 0. The molecule has 0 saturated carbocycles. The summed E-state index contributed by atoms with van der Waals surface area (Å²) in [5.74, 6) is 0. The van der Waals surface area contributed by atoms with Crippen molar-refractivity contribution in [3.63, 3.8) is 0 Å². The fourth-order valence-electron chi connectivity index (χ4n) is 0. The average molecular weight is 189 g/mol. The van der Waals surface area contributed by atoms with Crippen molar-refractivity contribution in [1.82, 2.24) is 0 Å². The van der Waals surface area contributed by atoms with Crippen molar-refractivity contribution in [2.45, 2.75) is 0 Å². The van der Waals surface area contributed by atoms with Gasteiger partial charge in [0, 0.05) is 50.3 Å². The molecule has 2 N–H and O–H groups in total. The number of hydrogen-bond acceptors (Lipinski definition) is 0. The predicted molar refractivity (Wildman–Crippen MR) is 5.28 cm³/mol. The van der Waals surface area contributed by atoms with E-state index in [4.69, 9.17) is 0 Å². The molecule has 0 bridgehead atoms. The quantitative estimate of drug-likeness (QED) is 0.503. The molecule has 1 radical (unpaired) electrons. The molecule has 0 fully saturated rings. The molecule has 0 aromatic heterocycles. The Morgan fingerprint density at radius 1 is 1.00 bits per heavy atom. The van der Waals surface area contributed by atoms with Crippen LogP contribution in [0.5, 0.6) is 0 Å². The summed E-state index contributed by atoms with van der Waals surface area (Å²) < 4.78 is 0. The van der Waals surface area contributed by atoms with Crippen LogP contribution in [0.15, 0.2) is 0 Å². The van der Waals surface area contributed by atoms with E-state index in [1.165, 1.54) is 0 Å². The van der Waals surface area contributed by atoms with Crippen molar-refractivity contribution < 1.29 is 50.3 Å². The second-order valence-electron chi connectivity index (χ2n) is 0. The first kappa shape index (κ1) is 50.2. The molecule has 0 saturated heterocycles. The zero-order chi connectivity index (χ0) is 0. The van der Waals surface area contributed by atoms with Crippen LogP contribution in [0.25, 0.3) is 6.15 Å². The zero-order valence-corrected chi connectivity index (χ0v) is 4.71. The first-order chi connectivity index (χ1) is 0. The molecule has 0 spiro atoms. The van der Waals surface area contributed by atoms with Gasteiger partial charge in [-0.3, -0.25) is 0 Å². The molecule has 0 aliphatic carbocycles. The van der Waals surface area contributed by atoms with Crippen molar-refractivity contribution in [3.8, 4) is 0 Å². The summed E-state index contributed by atoms with van der Waals surface area (Å²) >= 11 is 0. The Morgan fingerprint density at radius 3 is 1.00 bits per heavy atom. The minimum atomic E-state index is 0. The number of nitrogens with two attached hydrogens (primary N) is 1. The summed E-state index contributed by atoms with van der Waals surface area (Å²) in [6.07, 6.45) is 0. The van der Waals surface area contributed by atoms with Gasteiger partial charge in [-0.2, -0.15) is 0 Å². The molecule has 0 aromatic carbocycles. The van der Waals surface area contributed by atoms with Gasteiger partial charge in [0.15, 0.2) is 0 Å². The Morgan fingerprint density at radius 2 is 1.00 bits per heavy atom. The second-order valence-corrected chi connectivity index (χ2v) is 0. The van der Waals surface area contributed by atoms with E-state index in [0.29, 0.717) is 0 Å². The van der Waals surface area contributed by atoms with Gasteiger partial charge in [-0.15, -0.1) is 0 Å². The van der Waals surface area contributed by atoms with Crippen LogP contribution in [-0.2, 0) is 50.3 Å². The Bertz CT molecular complexity index is 8.00. The molecule has 0 heterocycles. The Hall–Kier alpha value is 1.48. The van der Waals surface area contributed by atoms with Crippen molar-refractivity contribution in [1.29, 1.82) is 0 Å². The minimum Gasteiger partial charge on any atom is -0.693 e. The third-order valence-electron chi connectivity index (χ3n) is 0. The summed E-state index contributed by atoms with van der Waals surface area (Å²) in [5.41, 5.74) is 0. The molecule has 0 aromatic rings. The van der Waals surface area contributed by atoms with Crippen LogP contribution in [0.2, 0.25) is 0 Å². The van der Waals surface area contributed by atoms with E-state index in [1.807, 2.05) is 0 Å². The van der Waals surface area contributed by atoms with Gasteiger partial charge < -0.3 is 6.15 Å². The van der Waals surface area contributed by atoms with Crippen LogP contribution in [0.3, 0.4) is 0 Å². The van der Waals surface area contributed by atoms with Crippen LogP contribution < -0.4 is 0 Å². The van der Waals surface area contributed by atoms with Crippen LogP contribution in [0, 0.1) is 0 Å². The molecule has 4 heteroatoms. The van der Waals surface area contributed by atoms with Crippen molar-refractivity contribution in [2.75, 3.05) is 0 Å². The Labute approximate surface area is 56.5 Å². The van der Waals surface area contributed by atoms with E-state index in [0.717, 1.165) is 0 Å². The fraction of sp³-hybridized carbons (Fsp3) is 0. The summed E-state index contributed by atoms with van der Waals surface area (Å²) in [6.45, 7) is 0. The Kier molecular flexibility index (Phi) is 311. The SMILES string of the molecule is [Co].[Fe].[NH2-].[Ni]. The summed E-state index contributed by atoms with van der Waals surface area (Å²) in [4.78, 5) is 0. The zero-order valence-electron chi connectivity index (χ0n) is 1.58. The van der Waals surface area contributed by atoms with E-state index in [-0.39, 0.29) is 56.5 Å². The number of rotatable bonds is 0. The Balaban J connectivity index is 0. The molecule has 1 nitrogen and oxygen atoms in total. The largest absolute Gasteiger partial charge is 0.693 e.